The zero-order valence-electron chi connectivity index (χ0n) is 19.0. The second-order valence-corrected chi connectivity index (χ2v) is 9.42. The Morgan fingerprint density at radius 3 is 2.47 bits per heavy atom. The number of likely N-dealkylation sites (tertiary alicyclic amines) is 1. The van der Waals surface area contributed by atoms with Gasteiger partial charge in [-0.3, -0.25) is 9.59 Å². The number of para-hydroxylation sites is 1. The van der Waals surface area contributed by atoms with Crippen LogP contribution in [0.1, 0.15) is 59.9 Å². The molecule has 6 nitrogen and oxygen atoms in total. The van der Waals surface area contributed by atoms with Gasteiger partial charge < -0.3 is 19.5 Å². The molecule has 4 rings (SSSR count). The quantitative estimate of drug-likeness (QED) is 0.547. The molecule has 0 atom stereocenters. The van der Waals surface area contributed by atoms with Crippen molar-refractivity contribution in [3.05, 3.63) is 71.0 Å². The largest absolute Gasteiger partial charge is 0.515 e. The summed E-state index contributed by atoms with van der Waals surface area (Å²) in [6, 6.07) is 12.6. The molecule has 2 aliphatic rings. The maximum atomic E-state index is 13.2. The van der Waals surface area contributed by atoms with Gasteiger partial charge in [-0.05, 0) is 35.2 Å². The SMILES string of the molecule is COc1cc(C(=O)N2CCC3(CC2)Oc2ccccc2C(=O)/C3=C/O)ccc1C(C)(C)C. The number of aliphatic hydroxyl groups excluding tert-OH is 1. The smallest absolute Gasteiger partial charge is 0.253 e. The minimum atomic E-state index is -0.926. The first-order chi connectivity index (χ1) is 15.2. The topological polar surface area (TPSA) is 76.1 Å². The van der Waals surface area contributed by atoms with E-state index < -0.39 is 5.60 Å². The highest BCUT2D eigenvalue weighted by atomic mass is 16.5. The number of hydrogen-bond donors (Lipinski definition) is 1. The van der Waals surface area contributed by atoms with E-state index in [0.717, 1.165) is 11.8 Å². The molecule has 2 aromatic rings. The minimum absolute atomic E-state index is 0.0873. The molecule has 1 saturated heterocycles. The molecule has 0 bridgehead atoms. The summed E-state index contributed by atoms with van der Waals surface area (Å²) in [6.45, 7) is 7.13. The van der Waals surface area contributed by atoms with Gasteiger partial charge in [0, 0.05) is 31.5 Å². The van der Waals surface area contributed by atoms with Gasteiger partial charge in [-0.15, -0.1) is 0 Å². The molecule has 168 valence electrons. The molecular formula is C26H29NO5. The number of carbonyl (C=O) groups is 2. The van der Waals surface area contributed by atoms with Gasteiger partial charge in [0.25, 0.3) is 5.91 Å². The molecule has 0 aromatic heterocycles. The minimum Gasteiger partial charge on any atom is -0.515 e. The molecule has 1 spiro atoms. The fourth-order valence-corrected chi connectivity index (χ4v) is 4.61. The summed E-state index contributed by atoms with van der Waals surface area (Å²) in [6.07, 6.45) is 1.71. The van der Waals surface area contributed by atoms with Crippen LogP contribution in [0.4, 0.5) is 0 Å². The number of carbonyl (C=O) groups excluding carboxylic acids is 2. The van der Waals surface area contributed by atoms with Crippen molar-refractivity contribution in [1.29, 1.82) is 0 Å². The van der Waals surface area contributed by atoms with Crippen molar-refractivity contribution < 1.29 is 24.2 Å². The van der Waals surface area contributed by atoms with Crippen molar-refractivity contribution in [3.8, 4) is 11.5 Å². The number of amides is 1. The van der Waals surface area contributed by atoms with Gasteiger partial charge in [0.05, 0.1) is 24.5 Å². The zero-order chi connectivity index (χ0) is 23.1. The van der Waals surface area contributed by atoms with Crippen molar-refractivity contribution in [3.63, 3.8) is 0 Å². The number of Topliss-reactive ketones (excluding diaryl/α,β-unsaturated/α-hetero) is 1. The number of benzene rings is 2. The van der Waals surface area contributed by atoms with Crippen molar-refractivity contribution in [2.75, 3.05) is 20.2 Å². The Morgan fingerprint density at radius 2 is 1.84 bits per heavy atom. The van der Waals surface area contributed by atoms with E-state index in [1.165, 1.54) is 0 Å². The maximum absolute atomic E-state index is 13.2. The summed E-state index contributed by atoms with van der Waals surface area (Å²) >= 11 is 0. The van der Waals surface area contributed by atoms with E-state index in [9.17, 15) is 14.7 Å². The summed E-state index contributed by atoms with van der Waals surface area (Å²) in [5, 5.41) is 9.85. The molecule has 0 radical (unpaired) electrons. The van der Waals surface area contributed by atoms with Gasteiger partial charge in [0.1, 0.15) is 17.1 Å². The van der Waals surface area contributed by atoms with E-state index in [-0.39, 0.29) is 22.7 Å². The van der Waals surface area contributed by atoms with E-state index in [1.807, 2.05) is 18.2 Å². The highest BCUT2D eigenvalue weighted by Crippen LogP contribution is 2.42. The van der Waals surface area contributed by atoms with Crippen molar-refractivity contribution >= 4 is 11.7 Å². The van der Waals surface area contributed by atoms with Gasteiger partial charge in [-0.2, -0.15) is 0 Å². The molecule has 1 fully saturated rings. The number of ketones is 1. The molecule has 1 N–H and O–H groups in total. The summed E-state index contributed by atoms with van der Waals surface area (Å²) in [5.74, 6) is 0.901. The summed E-state index contributed by atoms with van der Waals surface area (Å²) in [4.78, 5) is 27.9. The number of fused-ring (bicyclic) bond motifs is 1. The van der Waals surface area contributed by atoms with Crippen LogP contribution in [0.5, 0.6) is 11.5 Å². The van der Waals surface area contributed by atoms with Crippen LogP contribution in [0.2, 0.25) is 0 Å². The van der Waals surface area contributed by atoms with Crippen molar-refractivity contribution in [1.82, 2.24) is 4.90 Å². The maximum Gasteiger partial charge on any atom is 0.253 e. The third-order valence-corrected chi connectivity index (χ3v) is 6.42. The Morgan fingerprint density at radius 1 is 1.16 bits per heavy atom. The number of rotatable bonds is 2. The lowest BCUT2D eigenvalue weighted by Gasteiger charge is -2.44. The van der Waals surface area contributed by atoms with E-state index >= 15 is 0 Å². The molecule has 6 heteroatoms. The Bertz CT molecular complexity index is 1090. The van der Waals surface area contributed by atoms with Gasteiger partial charge in [-0.25, -0.2) is 0 Å². The second kappa shape index (κ2) is 8.01. The van der Waals surface area contributed by atoms with Crippen LogP contribution in [0.3, 0.4) is 0 Å². The highest BCUT2D eigenvalue weighted by molar-refractivity contribution is 6.12. The van der Waals surface area contributed by atoms with Crippen LogP contribution in [-0.4, -0.2) is 47.5 Å². The van der Waals surface area contributed by atoms with Gasteiger partial charge in [0.2, 0.25) is 0 Å². The lowest BCUT2D eigenvalue weighted by molar-refractivity contribution is 0.0203. The summed E-state index contributed by atoms with van der Waals surface area (Å²) < 4.78 is 11.8. The molecule has 0 aliphatic carbocycles. The van der Waals surface area contributed by atoms with Gasteiger partial charge >= 0.3 is 0 Å². The van der Waals surface area contributed by atoms with Crippen LogP contribution in [0, 0.1) is 0 Å². The third-order valence-electron chi connectivity index (χ3n) is 6.42. The molecule has 1 amide bonds. The number of nitrogens with zero attached hydrogens (tertiary/aromatic N) is 1. The van der Waals surface area contributed by atoms with Crippen LogP contribution in [0.25, 0.3) is 0 Å². The summed E-state index contributed by atoms with van der Waals surface area (Å²) in [5.41, 5.74) is 1.28. The van der Waals surface area contributed by atoms with E-state index in [0.29, 0.717) is 48.6 Å². The van der Waals surface area contributed by atoms with Gasteiger partial charge in [-0.1, -0.05) is 39.0 Å². The fraction of sp³-hybridized carbons (Fsp3) is 0.385. The second-order valence-electron chi connectivity index (χ2n) is 9.42. The van der Waals surface area contributed by atoms with E-state index in [4.69, 9.17) is 9.47 Å². The molecular weight excluding hydrogens is 406 g/mol. The van der Waals surface area contributed by atoms with E-state index in [2.05, 4.69) is 20.8 Å². The zero-order valence-corrected chi connectivity index (χ0v) is 19.0. The normalized spacial score (nSPS) is 18.9. The molecule has 2 aromatic carbocycles. The number of piperidine rings is 1. The van der Waals surface area contributed by atoms with E-state index in [1.54, 1.807) is 36.3 Å². The van der Waals surface area contributed by atoms with Gasteiger partial charge in [0.15, 0.2) is 5.78 Å². The molecule has 0 saturated carbocycles. The standard InChI is InChI=1S/C26H29NO5/c1-25(2,3)19-10-9-17(15-22(19)31-4)24(30)27-13-11-26(12-14-27)20(16-28)23(29)18-7-5-6-8-21(18)32-26/h5-10,15-16,28H,11-14H2,1-4H3/b20-16-. The van der Waals surface area contributed by atoms with Crippen molar-refractivity contribution in [2.45, 2.75) is 44.6 Å². The molecule has 0 unspecified atom stereocenters. The molecule has 32 heavy (non-hydrogen) atoms. The Hall–Kier alpha value is -3.28. The Labute approximate surface area is 188 Å². The van der Waals surface area contributed by atoms with Crippen LogP contribution >= 0.6 is 0 Å². The first kappa shape index (κ1) is 21.9. The molecule has 2 heterocycles. The van der Waals surface area contributed by atoms with Crippen molar-refractivity contribution in [2.24, 2.45) is 0 Å². The number of aliphatic hydroxyl groups is 1. The fourth-order valence-electron chi connectivity index (χ4n) is 4.61. The Balaban J connectivity index is 1.55. The number of ether oxygens (including phenoxy) is 2. The highest BCUT2D eigenvalue weighted by Gasteiger charge is 2.48. The lowest BCUT2D eigenvalue weighted by Crippen LogP contribution is -2.53. The average molecular weight is 436 g/mol. The third kappa shape index (κ3) is 3.64. The van der Waals surface area contributed by atoms with Crippen LogP contribution < -0.4 is 9.47 Å². The van der Waals surface area contributed by atoms with Crippen LogP contribution in [-0.2, 0) is 5.41 Å². The first-order valence-corrected chi connectivity index (χ1v) is 10.9. The average Bonchev–Trinajstić information content (AvgIpc) is 2.78. The predicted molar refractivity (Wildman–Crippen MR) is 122 cm³/mol. The number of methoxy groups -OCH3 is 1. The van der Waals surface area contributed by atoms with Crippen LogP contribution in [0.15, 0.2) is 54.3 Å². The molecule has 2 aliphatic heterocycles. The predicted octanol–water partition coefficient (Wildman–Crippen LogP) is 4.68. The first-order valence-electron chi connectivity index (χ1n) is 10.9. The monoisotopic (exact) mass is 435 g/mol. The Kier molecular flexibility index (Phi) is 5.49. The lowest BCUT2D eigenvalue weighted by atomic mass is 9.78. The number of hydrogen-bond acceptors (Lipinski definition) is 5. The summed E-state index contributed by atoms with van der Waals surface area (Å²) in [7, 11) is 1.61.